The zero-order valence-corrected chi connectivity index (χ0v) is 16.6. The molecule has 1 N–H and O–H groups in total. The topological polar surface area (TPSA) is 103 Å². The van der Waals surface area contributed by atoms with Gasteiger partial charge in [-0.1, -0.05) is 0 Å². The number of nitrogens with zero attached hydrogens (tertiary/aromatic N) is 3. The van der Waals surface area contributed by atoms with Crippen LogP contribution in [0.15, 0.2) is 29.2 Å². The van der Waals surface area contributed by atoms with Gasteiger partial charge >= 0.3 is 0 Å². The number of halogens is 1. The largest absolute Gasteiger partial charge is 0.466 e. The summed E-state index contributed by atoms with van der Waals surface area (Å²) in [6.07, 6.45) is 0.999. The molecule has 3 aromatic rings. The van der Waals surface area contributed by atoms with E-state index in [1.165, 1.54) is 0 Å². The fourth-order valence-electron chi connectivity index (χ4n) is 2.80. The number of aryl methyl sites for hydroxylation is 3. The minimum atomic E-state index is -3.53. The Morgan fingerprint density at radius 2 is 2.00 bits per heavy atom. The first-order chi connectivity index (χ1) is 13.1. The standard InChI is InChI=1S/C18H19FN4O4S/c1-10-7-11(2)20-17-16(10)18(22-23(17)3)27-9-15(24)21-14-8-12(28(4,25)26)5-6-13(14)19/h5-8H,9H2,1-4H3,(H,21,24). The highest BCUT2D eigenvalue weighted by atomic mass is 32.2. The van der Waals surface area contributed by atoms with Gasteiger partial charge in [-0.2, -0.15) is 0 Å². The minimum Gasteiger partial charge on any atom is -0.466 e. The lowest BCUT2D eigenvalue weighted by molar-refractivity contribution is -0.118. The lowest BCUT2D eigenvalue weighted by atomic mass is 10.2. The van der Waals surface area contributed by atoms with Crippen LogP contribution in [0.25, 0.3) is 11.0 Å². The van der Waals surface area contributed by atoms with E-state index in [0.717, 1.165) is 35.7 Å². The molecule has 0 aliphatic carbocycles. The van der Waals surface area contributed by atoms with E-state index >= 15 is 0 Å². The van der Waals surface area contributed by atoms with Crippen LogP contribution in [-0.4, -0.2) is 42.0 Å². The van der Waals surface area contributed by atoms with Crippen LogP contribution in [0.5, 0.6) is 5.88 Å². The summed E-state index contributed by atoms with van der Waals surface area (Å²) in [5.74, 6) is -1.16. The fourth-order valence-corrected chi connectivity index (χ4v) is 3.45. The third-order valence-electron chi connectivity index (χ3n) is 4.07. The maximum Gasteiger partial charge on any atom is 0.262 e. The molecule has 0 aliphatic heterocycles. The minimum absolute atomic E-state index is 0.0992. The Balaban J connectivity index is 1.78. The van der Waals surface area contributed by atoms with Crippen LogP contribution in [0.1, 0.15) is 11.3 Å². The number of rotatable bonds is 5. The highest BCUT2D eigenvalue weighted by Crippen LogP contribution is 2.27. The fraction of sp³-hybridized carbons (Fsp3) is 0.278. The number of nitrogens with one attached hydrogen (secondary N) is 1. The molecule has 0 atom stereocenters. The monoisotopic (exact) mass is 406 g/mol. The van der Waals surface area contributed by atoms with Gasteiger partial charge in [0.05, 0.1) is 16.0 Å². The lowest BCUT2D eigenvalue weighted by Gasteiger charge is -2.09. The Morgan fingerprint density at radius 1 is 1.29 bits per heavy atom. The van der Waals surface area contributed by atoms with Crippen molar-refractivity contribution < 1.29 is 22.3 Å². The van der Waals surface area contributed by atoms with E-state index < -0.39 is 28.2 Å². The van der Waals surface area contributed by atoms with Crippen molar-refractivity contribution in [3.05, 3.63) is 41.3 Å². The molecule has 10 heteroatoms. The van der Waals surface area contributed by atoms with Gasteiger partial charge in [0.15, 0.2) is 22.1 Å². The van der Waals surface area contributed by atoms with Crippen molar-refractivity contribution in [2.24, 2.45) is 7.05 Å². The summed E-state index contributed by atoms with van der Waals surface area (Å²) in [6.45, 7) is 3.33. The number of hydrogen-bond donors (Lipinski definition) is 1. The van der Waals surface area contributed by atoms with Crippen LogP contribution >= 0.6 is 0 Å². The van der Waals surface area contributed by atoms with E-state index in [2.05, 4.69) is 15.4 Å². The van der Waals surface area contributed by atoms with E-state index in [-0.39, 0.29) is 16.5 Å². The number of sulfone groups is 1. The smallest absolute Gasteiger partial charge is 0.262 e. The Morgan fingerprint density at radius 3 is 2.68 bits per heavy atom. The maximum atomic E-state index is 13.9. The zero-order valence-electron chi connectivity index (χ0n) is 15.8. The number of anilines is 1. The Labute approximate surface area is 161 Å². The molecule has 1 amide bonds. The normalized spacial score (nSPS) is 11.6. The molecule has 0 bridgehead atoms. The third-order valence-corrected chi connectivity index (χ3v) is 5.18. The molecule has 1 aromatic carbocycles. The molecule has 0 saturated heterocycles. The lowest BCUT2D eigenvalue weighted by Crippen LogP contribution is -2.21. The summed E-state index contributed by atoms with van der Waals surface area (Å²) in [7, 11) is -1.82. The van der Waals surface area contributed by atoms with Gasteiger partial charge in [0.1, 0.15) is 5.82 Å². The first kappa shape index (κ1) is 19.7. The van der Waals surface area contributed by atoms with Gasteiger partial charge in [-0.05, 0) is 43.7 Å². The summed E-state index contributed by atoms with van der Waals surface area (Å²) >= 11 is 0. The number of pyridine rings is 1. The molecule has 0 fully saturated rings. The van der Waals surface area contributed by atoms with Crippen molar-refractivity contribution >= 4 is 32.5 Å². The van der Waals surface area contributed by atoms with E-state index in [1.54, 1.807) is 11.7 Å². The van der Waals surface area contributed by atoms with Gasteiger partial charge in [-0.15, -0.1) is 5.10 Å². The number of aromatic nitrogens is 3. The van der Waals surface area contributed by atoms with E-state index in [0.29, 0.717) is 11.0 Å². The summed E-state index contributed by atoms with van der Waals surface area (Å²) in [5, 5.41) is 7.24. The van der Waals surface area contributed by atoms with E-state index in [1.807, 2.05) is 19.9 Å². The number of ether oxygens (including phenoxy) is 1. The molecule has 28 heavy (non-hydrogen) atoms. The van der Waals surface area contributed by atoms with Gasteiger partial charge < -0.3 is 10.1 Å². The molecular weight excluding hydrogens is 387 g/mol. The molecular formula is C18H19FN4O4S. The first-order valence-electron chi connectivity index (χ1n) is 8.29. The molecule has 2 aromatic heterocycles. The summed E-state index contributed by atoms with van der Waals surface area (Å²) in [6, 6.07) is 5.06. The van der Waals surface area contributed by atoms with Crippen LogP contribution in [0.3, 0.4) is 0 Å². The second kappa shape index (κ2) is 7.19. The highest BCUT2D eigenvalue weighted by molar-refractivity contribution is 7.90. The SMILES string of the molecule is Cc1cc(C)c2c(OCC(=O)Nc3cc(S(C)(=O)=O)ccc3F)nn(C)c2n1. The molecule has 0 aliphatic rings. The van der Waals surface area contributed by atoms with Gasteiger partial charge in [-0.3, -0.25) is 4.79 Å². The van der Waals surface area contributed by atoms with Crippen molar-refractivity contribution in [3.8, 4) is 5.88 Å². The maximum absolute atomic E-state index is 13.9. The average Bonchev–Trinajstić information content (AvgIpc) is 2.90. The highest BCUT2D eigenvalue weighted by Gasteiger charge is 2.17. The van der Waals surface area contributed by atoms with Crippen molar-refractivity contribution in [1.82, 2.24) is 14.8 Å². The van der Waals surface area contributed by atoms with Crippen molar-refractivity contribution in [2.45, 2.75) is 18.7 Å². The Bertz CT molecular complexity index is 1190. The van der Waals surface area contributed by atoms with Crippen LogP contribution in [0.4, 0.5) is 10.1 Å². The van der Waals surface area contributed by atoms with Crippen molar-refractivity contribution in [2.75, 3.05) is 18.2 Å². The van der Waals surface area contributed by atoms with Gasteiger partial charge in [0.25, 0.3) is 5.91 Å². The van der Waals surface area contributed by atoms with Crippen LogP contribution in [0, 0.1) is 19.7 Å². The molecule has 3 rings (SSSR count). The number of carbonyl (C=O) groups is 1. The second-order valence-electron chi connectivity index (χ2n) is 6.46. The molecule has 0 saturated carbocycles. The Kier molecular flexibility index (Phi) is 5.07. The van der Waals surface area contributed by atoms with Crippen molar-refractivity contribution in [1.29, 1.82) is 0 Å². The quantitative estimate of drug-likeness (QED) is 0.651. The summed E-state index contributed by atoms with van der Waals surface area (Å²) in [4.78, 5) is 16.5. The third kappa shape index (κ3) is 3.96. The molecule has 0 unspecified atom stereocenters. The molecule has 8 nitrogen and oxygen atoms in total. The van der Waals surface area contributed by atoms with Crippen LogP contribution in [0.2, 0.25) is 0 Å². The van der Waals surface area contributed by atoms with Crippen LogP contribution in [-0.2, 0) is 21.7 Å². The molecule has 148 valence electrons. The predicted molar refractivity (Wildman–Crippen MR) is 102 cm³/mol. The number of amides is 1. The molecule has 0 radical (unpaired) electrons. The summed E-state index contributed by atoms with van der Waals surface area (Å²) < 4.78 is 44.2. The Hall–Kier alpha value is -3.01. The average molecular weight is 406 g/mol. The van der Waals surface area contributed by atoms with Gasteiger partial charge in [0.2, 0.25) is 5.88 Å². The number of benzene rings is 1. The first-order valence-corrected chi connectivity index (χ1v) is 10.2. The number of hydrogen-bond acceptors (Lipinski definition) is 6. The van der Waals surface area contributed by atoms with E-state index in [9.17, 15) is 17.6 Å². The van der Waals surface area contributed by atoms with Gasteiger partial charge in [-0.25, -0.2) is 22.5 Å². The van der Waals surface area contributed by atoms with E-state index in [4.69, 9.17) is 4.74 Å². The predicted octanol–water partition coefficient (Wildman–Crippen LogP) is 2.15. The molecule has 2 heterocycles. The zero-order chi connectivity index (χ0) is 20.6. The van der Waals surface area contributed by atoms with Gasteiger partial charge in [0, 0.05) is 19.0 Å². The summed E-state index contributed by atoms with van der Waals surface area (Å²) in [5.41, 5.74) is 2.12. The second-order valence-corrected chi connectivity index (χ2v) is 8.47. The molecule has 0 spiro atoms. The van der Waals surface area contributed by atoms with Crippen LogP contribution < -0.4 is 10.1 Å². The number of carbonyl (C=O) groups excluding carboxylic acids is 1. The van der Waals surface area contributed by atoms with Crippen molar-refractivity contribution in [3.63, 3.8) is 0 Å². The number of fused-ring (bicyclic) bond motifs is 1.